The van der Waals surface area contributed by atoms with Crippen molar-refractivity contribution in [1.82, 2.24) is 14.2 Å². The molecule has 1 aliphatic rings. The van der Waals surface area contributed by atoms with Crippen LogP contribution in [0.25, 0.3) is 0 Å². The van der Waals surface area contributed by atoms with Crippen molar-refractivity contribution >= 4 is 15.9 Å². The smallest absolute Gasteiger partial charge is 0.255 e. The Morgan fingerprint density at radius 1 is 1.24 bits per heavy atom. The van der Waals surface area contributed by atoms with Crippen LogP contribution >= 0.6 is 0 Å². The predicted molar refractivity (Wildman–Crippen MR) is 96.1 cm³/mol. The standard InChI is InChI=1S/C17H27N3O4S/c1-14(2)16-6-5-15(13-18-16)17(21)19-7-9-20(10-8-19)25(22,23)12-4-11-24-3/h5-6,13-14H,4,7-12H2,1-3H3. The Bertz CT molecular complexity index is 666. The lowest BCUT2D eigenvalue weighted by Gasteiger charge is -2.34. The van der Waals surface area contributed by atoms with Crippen LogP contribution in [0.1, 0.15) is 42.2 Å². The molecule has 0 atom stereocenters. The van der Waals surface area contributed by atoms with Crippen LogP contribution < -0.4 is 0 Å². The van der Waals surface area contributed by atoms with Crippen molar-refractivity contribution in [1.29, 1.82) is 0 Å². The Morgan fingerprint density at radius 2 is 1.92 bits per heavy atom. The highest BCUT2D eigenvalue weighted by Gasteiger charge is 2.29. The van der Waals surface area contributed by atoms with Gasteiger partial charge in [0.05, 0.1) is 11.3 Å². The van der Waals surface area contributed by atoms with E-state index in [4.69, 9.17) is 4.74 Å². The number of hydrogen-bond acceptors (Lipinski definition) is 5. The van der Waals surface area contributed by atoms with Crippen LogP contribution in [0.15, 0.2) is 18.3 Å². The molecule has 0 unspecified atom stereocenters. The van der Waals surface area contributed by atoms with Crippen molar-refractivity contribution in [2.45, 2.75) is 26.2 Å². The molecule has 2 rings (SSSR count). The number of nitrogens with zero attached hydrogens (tertiary/aromatic N) is 3. The Hall–Kier alpha value is -1.51. The van der Waals surface area contributed by atoms with Gasteiger partial charge in [-0.2, -0.15) is 4.31 Å². The lowest BCUT2D eigenvalue weighted by atomic mass is 10.1. The summed E-state index contributed by atoms with van der Waals surface area (Å²) in [6, 6.07) is 3.66. The quantitative estimate of drug-likeness (QED) is 0.678. The molecular weight excluding hydrogens is 342 g/mol. The fourth-order valence-corrected chi connectivity index (χ4v) is 4.20. The third-order valence-corrected chi connectivity index (χ3v) is 6.25. The highest BCUT2D eigenvalue weighted by Crippen LogP contribution is 2.15. The molecule has 7 nitrogen and oxygen atoms in total. The summed E-state index contributed by atoms with van der Waals surface area (Å²) >= 11 is 0. The van der Waals surface area contributed by atoms with Crippen molar-refractivity contribution in [3.8, 4) is 0 Å². The lowest BCUT2D eigenvalue weighted by Crippen LogP contribution is -2.51. The second kappa shape index (κ2) is 8.73. The average molecular weight is 369 g/mol. The zero-order valence-electron chi connectivity index (χ0n) is 15.1. The number of amides is 1. The van der Waals surface area contributed by atoms with E-state index in [1.165, 1.54) is 4.31 Å². The molecule has 0 aromatic carbocycles. The van der Waals surface area contributed by atoms with Gasteiger partial charge in [-0.3, -0.25) is 9.78 Å². The Kier molecular flexibility index (Phi) is 6.92. The number of methoxy groups -OCH3 is 1. The van der Waals surface area contributed by atoms with Gasteiger partial charge in [0, 0.05) is 51.8 Å². The Balaban J connectivity index is 1.91. The first-order chi connectivity index (χ1) is 11.8. The first kappa shape index (κ1) is 19.8. The summed E-state index contributed by atoms with van der Waals surface area (Å²) in [5, 5.41) is 0. The highest BCUT2D eigenvalue weighted by molar-refractivity contribution is 7.89. The summed E-state index contributed by atoms with van der Waals surface area (Å²) in [5.74, 6) is 0.297. The molecular formula is C17H27N3O4S. The normalized spacial score (nSPS) is 16.4. The van der Waals surface area contributed by atoms with Crippen molar-refractivity contribution < 1.29 is 17.9 Å². The van der Waals surface area contributed by atoms with Gasteiger partial charge in [0.2, 0.25) is 10.0 Å². The SMILES string of the molecule is COCCCS(=O)(=O)N1CCN(C(=O)c2ccc(C(C)C)nc2)CC1. The van der Waals surface area contributed by atoms with E-state index in [1.54, 1.807) is 24.3 Å². The van der Waals surface area contributed by atoms with E-state index in [2.05, 4.69) is 18.8 Å². The van der Waals surface area contributed by atoms with Crippen LogP contribution in [0.2, 0.25) is 0 Å². The number of pyridine rings is 1. The second-order valence-corrected chi connectivity index (χ2v) is 8.57. The number of piperazine rings is 1. The number of aromatic nitrogens is 1. The summed E-state index contributed by atoms with van der Waals surface area (Å²) in [5.41, 5.74) is 1.49. The van der Waals surface area contributed by atoms with Gasteiger partial charge in [0.1, 0.15) is 0 Å². The predicted octanol–water partition coefficient (Wildman–Crippen LogP) is 1.33. The fourth-order valence-electron chi connectivity index (χ4n) is 2.74. The number of carbonyl (C=O) groups is 1. The van der Waals surface area contributed by atoms with Crippen molar-refractivity contribution in [2.75, 3.05) is 45.6 Å². The minimum absolute atomic E-state index is 0.0787. The number of hydrogen-bond donors (Lipinski definition) is 0. The molecule has 1 aliphatic heterocycles. The van der Waals surface area contributed by atoms with Crippen LogP contribution in [0.4, 0.5) is 0 Å². The van der Waals surface area contributed by atoms with E-state index >= 15 is 0 Å². The van der Waals surface area contributed by atoms with E-state index in [9.17, 15) is 13.2 Å². The molecule has 0 radical (unpaired) electrons. The number of carbonyl (C=O) groups excluding carboxylic acids is 1. The third kappa shape index (κ3) is 5.23. The molecule has 140 valence electrons. The van der Waals surface area contributed by atoms with Gasteiger partial charge in [0.15, 0.2) is 0 Å². The van der Waals surface area contributed by atoms with E-state index < -0.39 is 10.0 Å². The summed E-state index contributed by atoms with van der Waals surface area (Å²) in [6.07, 6.45) is 2.08. The van der Waals surface area contributed by atoms with Crippen LogP contribution in [-0.2, 0) is 14.8 Å². The molecule has 25 heavy (non-hydrogen) atoms. The molecule has 0 aliphatic carbocycles. The topological polar surface area (TPSA) is 79.8 Å². The van der Waals surface area contributed by atoms with Crippen LogP contribution in [0.5, 0.6) is 0 Å². The van der Waals surface area contributed by atoms with Gasteiger partial charge < -0.3 is 9.64 Å². The molecule has 8 heteroatoms. The summed E-state index contributed by atoms with van der Waals surface area (Å²) in [7, 11) is -1.73. The van der Waals surface area contributed by atoms with Gasteiger partial charge in [-0.25, -0.2) is 8.42 Å². The summed E-state index contributed by atoms with van der Waals surface area (Å²) in [6.45, 7) is 5.99. The zero-order chi connectivity index (χ0) is 18.4. The second-order valence-electron chi connectivity index (χ2n) is 6.48. The summed E-state index contributed by atoms with van der Waals surface area (Å²) < 4.78 is 30.9. The number of ether oxygens (including phenoxy) is 1. The van der Waals surface area contributed by atoms with Gasteiger partial charge in [0.25, 0.3) is 5.91 Å². The first-order valence-electron chi connectivity index (χ1n) is 8.57. The Morgan fingerprint density at radius 3 is 2.44 bits per heavy atom. The maximum atomic E-state index is 12.5. The lowest BCUT2D eigenvalue weighted by molar-refractivity contribution is 0.0697. The van der Waals surface area contributed by atoms with E-state index in [-0.39, 0.29) is 11.7 Å². The highest BCUT2D eigenvalue weighted by atomic mass is 32.2. The molecule has 1 aromatic rings. The van der Waals surface area contributed by atoms with Gasteiger partial charge >= 0.3 is 0 Å². The molecule has 0 bridgehead atoms. The van der Waals surface area contributed by atoms with E-state index in [1.807, 2.05) is 6.07 Å². The maximum Gasteiger partial charge on any atom is 0.255 e. The minimum atomic E-state index is -3.28. The Labute approximate surface area is 150 Å². The monoisotopic (exact) mass is 369 g/mol. The molecule has 2 heterocycles. The van der Waals surface area contributed by atoms with Crippen molar-refractivity contribution in [3.05, 3.63) is 29.6 Å². The van der Waals surface area contributed by atoms with Crippen molar-refractivity contribution in [3.63, 3.8) is 0 Å². The van der Waals surface area contributed by atoms with Crippen LogP contribution in [0, 0.1) is 0 Å². The molecule has 1 amide bonds. The summed E-state index contributed by atoms with van der Waals surface area (Å²) in [4.78, 5) is 18.6. The molecule has 0 spiro atoms. The van der Waals surface area contributed by atoms with Crippen LogP contribution in [-0.4, -0.2) is 74.2 Å². The molecule has 1 aromatic heterocycles. The number of sulfonamides is 1. The maximum absolute atomic E-state index is 12.5. The van der Waals surface area contributed by atoms with Gasteiger partial charge in [-0.1, -0.05) is 13.8 Å². The van der Waals surface area contributed by atoms with Gasteiger partial charge in [-0.05, 0) is 24.5 Å². The van der Waals surface area contributed by atoms with Gasteiger partial charge in [-0.15, -0.1) is 0 Å². The largest absolute Gasteiger partial charge is 0.385 e. The molecule has 1 fully saturated rings. The average Bonchev–Trinajstić information content (AvgIpc) is 2.61. The number of rotatable bonds is 7. The third-order valence-electron chi connectivity index (χ3n) is 4.29. The van der Waals surface area contributed by atoms with Crippen LogP contribution in [0.3, 0.4) is 0 Å². The first-order valence-corrected chi connectivity index (χ1v) is 10.2. The van der Waals surface area contributed by atoms with E-state index in [0.717, 1.165) is 5.69 Å². The molecule has 0 saturated carbocycles. The zero-order valence-corrected chi connectivity index (χ0v) is 16.0. The van der Waals surface area contributed by atoms with E-state index in [0.29, 0.717) is 50.7 Å². The minimum Gasteiger partial charge on any atom is -0.385 e. The fraction of sp³-hybridized carbons (Fsp3) is 0.647. The molecule has 1 saturated heterocycles. The van der Waals surface area contributed by atoms with Crippen molar-refractivity contribution in [2.24, 2.45) is 0 Å². The molecule has 0 N–H and O–H groups in total.